The second-order valence-corrected chi connectivity index (χ2v) is 16.1. The fraction of sp³-hybridized carbons (Fsp3) is 0.157. The van der Waals surface area contributed by atoms with Gasteiger partial charge in [0, 0.05) is 22.4 Å². The number of fused-ring (bicyclic) bond motifs is 13. The molecule has 3 aliphatic rings. The molecule has 248 valence electrons. The number of nitrogens with zero attached hydrogens (tertiary/aromatic N) is 1. The van der Waals surface area contributed by atoms with E-state index in [1.807, 2.05) is 6.20 Å². The lowest BCUT2D eigenvalue weighted by Crippen LogP contribution is -2.24. The lowest BCUT2D eigenvalue weighted by atomic mass is 9.72. The zero-order chi connectivity index (χ0) is 34.9. The summed E-state index contributed by atoms with van der Waals surface area (Å²) in [5.41, 5.74) is 20.1. The number of para-hydroxylation sites is 1. The highest BCUT2D eigenvalue weighted by molar-refractivity contribution is 6.14. The fourth-order valence-corrected chi connectivity index (χ4v) is 10.4. The summed E-state index contributed by atoms with van der Waals surface area (Å²) in [6, 6.07) is 47.9. The zero-order valence-corrected chi connectivity index (χ0v) is 30.1. The molecule has 1 aromatic heterocycles. The highest BCUT2D eigenvalue weighted by Crippen LogP contribution is 2.62. The average molecular weight is 666 g/mol. The predicted molar refractivity (Wildman–Crippen MR) is 219 cm³/mol. The Morgan fingerprint density at radius 1 is 0.462 bits per heavy atom. The van der Waals surface area contributed by atoms with E-state index in [1.54, 1.807) is 0 Å². The van der Waals surface area contributed by atoms with Crippen molar-refractivity contribution in [3.8, 4) is 33.4 Å². The standard InChI is InChI=1S/C51H39N/c1-50(2)43-28-41(32-22-13-15-30-14-5-6-16-31(30)32)33-17-7-9-20-37(33)46(43)39-24-25-40-47-38-21-10-8-18-34(38)42(29-44(47)51(3,4)49(40)48(39)50)35-26-27-52-45-23-12-11-19-36(35)45/h5-12,14,16-29H,13,15H2,1-4H3. The third kappa shape index (κ3) is 3.81. The third-order valence-corrected chi connectivity index (χ3v) is 12.7. The predicted octanol–water partition coefficient (Wildman–Crippen LogP) is 13.2. The molecular weight excluding hydrogens is 627 g/mol. The molecule has 0 unspecified atom stereocenters. The highest BCUT2D eigenvalue weighted by atomic mass is 14.6. The van der Waals surface area contributed by atoms with Gasteiger partial charge in [-0.05, 0) is 137 Å². The number of hydrogen-bond donors (Lipinski definition) is 0. The second kappa shape index (κ2) is 10.4. The van der Waals surface area contributed by atoms with E-state index in [1.165, 1.54) is 105 Å². The van der Waals surface area contributed by atoms with Crippen molar-refractivity contribution >= 4 is 38.0 Å². The Morgan fingerprint density at radius 2 is 1.00 bits per heavy atom. The van der Waals surface area contributed by atoms with E-state index in [2.05, 4.69) is 161 Å². The van der Waals surface area contributed by atoms with Gasteiger partial charge < -0.3 is 0 Å². The van der Waals surface area contributed by atoms with Crippen LogP contribution in [0.1, 0.15) is 73.1 Å². The van der Waals surface area contributed by atoms with E-state index in [0.717, 1.165) is 18.4 Å². The van der Waals surface area contributed by atoms with E-state index < -0.39 is 0 Å². The molecule has 11 rings (SSSR count). The smallest absolute Gasteiger partial charge is 0.0708 e. The first kappa shape index (κ1) is 29.9. The third-order valence-electron chi connectivity index (χ3n) is 12.7. The summed E-state index contributed by atoms with van der Waals surface area (Å²) in [4.78, 5) is 4.72. The van der Waals surface area contributed by atoms with Gasteiger partial charge in [-0.1, -0.05) is 137 Å². The molecule has 0 bridgehead atoms. The summed E-state index contributed by atoms with van der Waals surface area (Å²) in [5, 5.41) is 6.51. The number of allylic oxidation sites excluding steroid dienone is 1. The molecule has 52 heavy (non-hydrogen) atoms. The Kier molecular flexibility index (Phi) is 5.97. The molecule has 0 aliphatic heterocycles. The molecule has 1 heterocycles. The van der Waals surface area contributed by atoms with Gasteiger partial charge >= 0.3 is 0 Å². The van der Waals surface area contributed by atoms with Gasteiger partial charge in [0.1, 0.15) is 0 Å². The van der Waals surface area contributed by atoms with Crippen molar-refractivity contribution < 1.29 is 0 Å². The van der Waals surface area contributed by atoms with Crippen LogP contribution in [0.4, 0.5) is 0 Å². The number of aromatic nitrogens is 1. The first-order chi connectivity index (χ1) is 25.3. The quantitative estimate of drug-likeness (QED) is 0.179. The van der Waals surface area contributed by atoms with Crippen LogP contribution in [-0.4, -0.2) is 4.98 Å². The summed E-state index contributed by atoms with van der Waals surface area (Å²) in [6.07, 6.45) is 6.63. The van der Waals surface area contributed by atoms with Crippen molar-refractivity contribution in [2.24, 2.45) is 0 Å². The average Bonchev–Trinajstić information content (AvgIpc) is 3.56. The first-order valence-corrected chi connectivity index (χ1v) is 18.8. The molecule has 3 aliphatic carbocycles. The maximum Gasteiger partial charge on any atom is 0.0708 e. The van der Waals surface area contributed by atoms with Gasteiger partial charge in [0.25, 0.3) is 0 Å². The molecule has 0 fully saturated rings. The first-order valence-electron chi connectivity index (χ1n) is 18.8. The fourth-order valence-electron chi connectivity index (χ4n) is 10.4. The van der Waals surface area contributed by atoms with Gasteiger partial charge in [0.2, 0.25) is 0 Å². The number of rotatable bonds is 2. The second-order valence-electron chi connectivity index (χ2n) is 16.1. The van der Waals surface area contributed by atoms with Crippen molar-refractivity contribution in [1.82, 2.24) is 4.98 Å². The van der Waals surface area contributed by atoms with Crippen molar-refractivity contribution in [3.05, 3.63) is 179 Å². The van der Waals surface area contributed by atoms with Gasteiger partial charge in [-0.3, -0.25) is 4.98 Å². The molecular formula is C51H39N. The molecule has 0 radical (unpaired) electrons. The zero-order valence-electron chi connectivity index (χ0n) is 30.1. The van der Waals surface area contributed by atoms with E-state index >= 15 is 0 Å². The van der Waals surface area contributed by atoms with Crippen molar-refractivity contribution in [1.29, 1.82) is 0 Å². The van der Waals surface area contributed by atoms with Gasteiger partial charge in [-0.2, -0.15) is 0 Å². The van der Waals surface area contributed by atoms with Gasteiger partial charge in [-0.15, -0.1) is 0 Å². The molecule has 0 atom stereocenters. The molecule has 7 aromatic carbocycles. The molecule has 0 saturated carbocycles. The van der Waals surface area contributed by atoms with Crippen LogP contribution in [0.15, 0.2) is 140 Å². The maximum atomic E-state index is 4.72. The molecule has 8 aromatic rings. The van der Waals surface area contributed by atoms with Gasteiger partial charge in [-0.25, -0.2) is 0 Å². The number of benzene rings is 7. The van der Waals surface area contributed by atoms with Crippen LogP contribution in [0.25, 0.3) is 71.4 Å². The Morgan fingerprint density at radius 3 is 1.67 bits per heavy atom. The van der Waals surface area contributed by atoms with Gasteiger partial charge in [0.05, 0.1) is 5.52 Å². The monoisotopic (exact) mass is 665 g/mol. The van der Waals surface area contributed by atoms with Crippen molar-refractivity contribution in [2.75, 3.05) is 0 Å². The van der Waals surface area contributed by atoms with Crippen LogP contribution in [0.3, 0.4) is 0 Å². The summed E-state index contributed by atoms with van der Waals surface area (Å²) < 4.78 is 0. The van der Waals surface area contributed by atoms with Gasteiger partial charge in [0.15, 0.2) is 0 Å². The van der Waals surface area contributed by atoms with E-state index in [-0.39, 0.29) is 10.8 Å². The lowest BCUT2D eigenvalue weighted by molar-refractivity contribution is 0.601. The minimum atomic E-state index is -0.208. The van der Waals surface area contributed by atoms with Crippen molar-refractivity contribution in [3.63, 3.8) is 0 Å². The van der Waals surface area contributed by atoms with E-state index in [4.69, 9.17) is 4.98 Å². The van der Waals surface area contributed by atoms with Crippen LogP contribution in [0, 0.1) is 0 Å². The topological polar surface area (TPSA) is 12.9 Å². The number of aryl methyl sites for hydroxylation is 1. The van der Waals surface area contributed by atoms with Crippen LogP contribution in [-0.2, 0) is 17.3 Å². The van der Waals surface area contributed by atoms with Crippen LogP contribution in [0.2, 0.25) is 0 Å². The number of hydrogen-bond acceptors (Lipinski definition) is 1. The highest BCUT2D eigenvalue weighted by Gasteiger charge is 2.47. The minimum absolute atomic E-state index is 0.192. The normalized spacial score (nSPS) is 16.0. The molecule has 0 N–H and O–H groups in total. The minimum Gasteiger partial charge on any atom is -0.256 e. The summed E-state index contributed by atoms with van der Waals surface area (Å²) >= 11 is 0. The molecule has 0 amide bonds. The van der Waals surface area contributed by atoms with Crippen LogP contribution >= 0.6 is 0 Å². The Labute approximate surface area is 305 Å². The largest absolute Gasteiger partial charge is 0.256 e. The van der Waals surface area contributed by atoms with Crippen molar-refractivity contribution in [2.45, 2.75) is 51.4 Å². The summed E-state index contributed by atoms with van der Waals surface area (Å²) in [5.74, 6) is 0. The SMILES string of the molecule is CC1(C)c2cc(C3=CCCc4ccccc43)c3ccccc3c2-c2ccc3c(c21)C(C)(C)c1cc(-c2ccnc4ccccc24)c2ccccc2c1-3. The molecule has 1 heteroatoms. The molecule has 0 spiro atoms. The van der Waals surface area contributed by atoms with Crippen LogP contribution in [0.5, 0.6) is 0 Å². The Balaban J connectivity index is 1.18. The molecule has 0 saturated heterocycles. The Hall–Kier alpha value is -5.79. The van der Waals surface area contributed by atoms with E-state index in [0.29, 0.717) is 0 Å². The van der Waals surface area contributed by atoms with E-state index in [9.17, 15) is 0 Å². The van der Waals surface area contributed by atoms with Crippen LogP contribution < -0.4 is 0 Å². The summed E-state index contributed by atoms with van der Waals surface area (Å²) in [6.45, 7) is 9.89. The Bertz CT molecular complexity index is 2890. The lowest BCUT2D eigenvalue weighted by Gasteiger charge is -2.31. The summed E-state index contributed by atoms with van der Waals surface area (Å²) in [7, 11) is 0. The molecule has 1 nitrogen and oxygen atoms in total. The number of pyridine rings is 1. The maximum absolute atomic E-state index is 4.72.